The molecule has 4 heteroatoms. The van der Waals surface area contributed by atoms with Crippen LogP contribution in [-0.2, 0) is 6.42 Å². The second-order valence-corrected chi connectivity index (χ2v) is 4.48. The van der Waals surface area contributed by atoms with Crippen molar-refractivity contribution < 1.29 is 9.13 Å². The highest BCUT2D eigenvalue weighted by atomic mass is 19.1. The number of hydrogen-bond donors (Lipinski definition) is 2. The Morgan fingerprint density at radius 2 is 2.35 bits per heavy atom. The monoisotopic (exact) mass is 238 g/mol. The first-order chi connectivity index (χ1) is 8.26. The molecule has 0 bridgehead atoms. The van der Waals surface area contributed by atoms with Gasteiger partial charge < -0.3 is 15.8 Å². The maximum Gasteiger partial charge on any atom is 0.165 e. The predicted molar refractivity (Wildman–Crippen MR) is 65.6 cm³/mol. The van der Waals surface area contributed by atoms with Crippen LogP contribution in [0.15, 0.2) is 18.2 Å². The second-order valence-electron chi connectivity index (χ2n) is 4.48. The van der Waals surface area contributed by atoms with Gasteiger partial charge in [-0.3, -0.25) is 0 Å². The topological polar surface area (TPSA) is 47.3 Å². The summed E-state index contributed by atoms with van der Waals surface area (Å²) >= 11 is 0. The summed E-state index contributed by atoms with van der Waals surface area (Å²) in [7, 11) is 1.50. The lowest BCUT2D eigenvalue weighted by Gasteiger charge is -2.19. The molecule has 2 rings (SSSR count). The Balaban J connectivity index is 2.15. The van der Waals surface area contributed by atoms with Gasteiger partial charge in [0.15, 0.2) is 11.6 Å². The molecule has 1 fully saturated rings. The molecular weight excluding hydrogens is 219 g/mol. The van der Waals surface area contributed by atoms with Crippen LogP contribution in [0.25, 0.3) is 0 Å². The standard InChI is InChI=1S/C13H19FN2O/c1-17-13-9(3-2-4-11(13)14)7-12-10(8-15)5-6-16-12/h2-4,10,12,16H,5-8,15H2,1H3. The van der Waals surface area contributed by atoms with E-state index in [1.54, 1.807) is 6.07 Å². The molecule has 0 aliphatic carbocycles. The van der Waals surface area contributed by atoms with Crippen LogP contribution < -0.4 is 15.8 Å². The minimum atomic E-state index is -0.299. The summed E-state index contributed by atoms with van der Waals surface area (Å²) in [5.41, 5.74) is 6.64. The molecule has 17 heavy (non-hydrogen) atoms. The molecule has 0 spiro atoms. The quantitative estimate of drug-likeness (QED) is 0.831. The molecule has 0 amide bonds. The minimum Gasteiger partial charge on any atom is -0.493 e. The molecule has 94 valence electrons. The number of benzene rings is 1. The van der Waals surface area contributed by atoms with E-state index < -0.39 is 0 Å². The van der Waals surface area contributed by atoms with Crippen LogP contribution in [0.5, 0.6) is 5.75 Å². The summed E-state index contributed by atoms with van der Waals surface area (Å²) in [4.78, 5) is 0. The Hall–Kier alpha value is -1.13. The van der Waals surface area contributed by atoms with Crippen molar-refractivity contribution in [1.29, 1.82) is 0 Å². The average Bonchev–Trinajstić information content (AvgIpc) is 2.77. The Morgan fingerprint density at radius 1 is 1.53 bits per heavy atom. The van der Waals surface area contributed by atoms with Crippen molar-refractivity contribution in [2.24, 2.45) is 11.7 Å². The lowest BCUT2D eigenvalue weighted by atomic mass is 9.94. The zero-order valence-electron chi connectivity index (χ0n) is 10.1. The average molecular weight is 238 g/mol. The molecule has 2 unspecified atom stereocenters. The molecule has 1 saturated heterocycles. The highest BCUT2D eigenvalue weighted by Gasteiger charge is 2.26. The minimum absolute atomic E-state index is 0.299. The van der Waals surface area contributed by atoms with Gasteiger partial charge in [0, 0.05) is 6.04 Å². The molecular formula is C13H19FN2O. The van der Waals surface area contributed by atoms with E-state index in [9.17, 15) is 4.39 Å². The molecule has 3 nitrogen and oxygen atoms in total. The second kappa shape index (κ2) is 5.47. The number of nitrogens with one attached hydrogen (secondary N) is 1. The van der Waals surface area contributed by atoms with Crippen molar-refractivity contribution in [1.82, 2.24) is 5.32 Å². The lowest BCUT2D eigenvalue weighted by Crippen LogP contribution is -2.33. The van der Waals surface area contributed by atoms with Crippen LogP contribution in [0.1, 0.15) is 12.0 Å². The third-order valence-electron chi connectivity index (χ3n) is 3.49. The number of halogens is 1. The number of ether oxygens (including phenoxy) is 1. The fourth-order valence-electron chi connectivity index (χ4n) is 2.52. The maximum absolute atomic E-state index is 13.5. The van der Waals surface area contributed by atoms with Gasteiger partial charge in [-0.15, -0.1) is 0 Å². The van der Waals surface area contributed by atoms with E-state index in [-0.39, 0.29) is 5.82 Å². The highest BCUT2D eigenvalue weighted by Crippen LogP contribution is 2.26. The van der Waals surface area contributed by atoms with Gasteiger partial charge in [-0.1, -0.05) is 12.1 Å². The first kappa shape index (κ1) is 12.3. The van der Waals surface area contributed by atoms with Crippen LogP contribution >= 0.6 is 0 Å². The molecule has 2 atom stereocenters. The van der Waals surface area contributed by atoms with Crippen molar-refractivity contribution in [2.75, 3.05) is 20.2 Å². The van der Waals surface area contributed by atoms with E-state index >= 15 is 0 Å². The van der Waals surface area contributed by atoms with Gasteiger partial charge in [0.2, 0.25) is 0 Å². The molecule has 0 radical (unpaired) electrons. The summed E-state index contributed by atoms with van der Waals surface area (Å²) in [6, 6.07) is 5.38. The Morgan fingerprint density at radius 3 is 3.06 bits per heavy atom. The van der Waals surface area contributed by atoms with Gasteiger partial charge in [0.25, 0.3) is 0 Å². The van der Waals surface area contributed by atoms with Crippen molar-refractivity contribution >= 4 is 0 Å². The summed E-state index contributed by atoms with van der Waals surface area (Å²) in [6.07, 6.45) is 1.86. The molecule has 1 aliphatic heterocycles. The van der Waals surface area contributed by atoms with Crippen molar-refractivity contribution in [2.45, 2.75) is 18.9 Å². The van der Waals surface area contributed by atoms with Crippen molar-refractivity contribution in [3.8, 4) is 5.75 Å². The van der Waals surface area contributed by atoms with Gasteiger partial charge in [-0.25, -0.2) is 4.39 Å². The molecule has 1 aromatic rings. The van der Waals surface area contributed by atoms with Gasteiger partial charge in [0.1, 0.15) is 0 Å². The Kier molecular flexibility index (Phi) is 3.97. The lowest BCUT2D eigenvalue weighted by molar-refractivity contribution is 0.374. The number of rotatable bonds is 4. The molecule has 0 aromatic heterocycles. The number of para-hydroxylation sites is 1. The third kappa shape index (κ3) is 2.58. The summed E-state index contributed by atoms with van der Waals surface area (Å²) in [5.74, 6) is 0.534. The third-order valence-corrected chi connectivity index (χ3v) is 3.49. The smallest absolute Gasteiger partial charge is 0.165 e. The molecule has 0 saturated carbocycles. The van der Waals surface area contributed by atoms with E-state index in [2.05, 4.69) is 5.32 Å². The van der Waals surface area contributed by atoms with Gasteiger partial charge >= 0.3 is 0 Å². The van der Waals surface area contributed by atoms with Crippen LogP contribution in [0.3, 0.4) is 0 Å². The molecule has 1 aromatic carbocycles. The maximum atomic E-state index is 13.5. The number of hydrogen-bond acceptors (Lipinski definition) is 3. The SMILES string of the molecule is COc1c(F)cccc1CC1NCCC1CN. The zero-order valence-corrected chi connectivity index (χ0v) is 10.1. The van der Waals surface area contributed by atoms with Crippen LogP contribution in [0.4, 0.5) is 4.39 Å². The number of nitrogens with two attached hydrogens (primary N) is 1. The van der Waals surface area contributed by atoms with E-state index in [1.165, 1.54) is 13.2 Å². The summed E-state index contributed by atoms with van der Waals surface area (Å²) in [6.45, 7) is 1.67. The van der Waals surface area contributed by atoms with Crippen molar-refractivity contribution in [3.05, 3.63) is 29.6 Å². The molecule has 3 N–H and O–H groups in total. The number of methoxy groups -OCH3 is 1. The normalized spacial score (nSPS) is 23.9. The van der Waals surface area contributed by atoms with Crippen LogP contribution in [0, 0.1) is 11.7 Å². The van der Waals surface area contributed by atoms with E-state index in [4.69, 9.17) is 10.5 Å². The summed E-state index contributed by atoms with van der Waals surface area (Å²) in [5, 5.41) is 3.42. The first-order valence-electron chi connectivity index (χ1n) is 6.01. The summed E-state index contributed by atoms with van der Waals surface area (Å²) < 4.78 is 18.7. The fraction of sp³-hybridized carbons (Fsp3) is 0.538. The first-order valence-corrected chi connectivity index (χ1v) is 6.01. The van der Waals surface area contributed by atoms with Crippen LogP contribution in [0.2, 0.25) is 0 Å². The van der Waals surface area contributed by atoms with Gasteiger partial charge in [-0.05, 0) is 43.5 Å². The molecule has 1 aliphatic rings. The van der Waals surface area contributed by atoms with Gasteiger partial charge in [0.05, 0.1) is 7.11 Å². The van der Waals surface area contributed by atoms with Gasteiger partial charge in [-0.2, -0.15) is 0 Å². The zero-order chi connectivity index (χ0) is 12.3. The van der Waals surface area contributed by atoms with E-state index in [0.29, 0.717) is 24.3 Å². The predicted octanol–water partition coefficient (Wildman–Crippen LogP) is 1.31. The Labute approximate surface area is 101 Å². The largest absolute Gasteiger partial charge is 0.493 e. The molecule has 1 heterocycles. The Bertz CT molecular complexity index is 384. The van der Waals surface area contributed by atoms with E-state index in [0.717, 1.165) is 24.9 Å². The van der Waals surface area contributed by atoms with Crippen molar-refractivity contribution in [3.63, 3.8) is 0 Å². The van der Waals surface area contributed by atoms with Crippen LogP contribution in [-0.4, -0.2) is 26.2 Å². The fourth-order valence-corrected chi connectivity index (χ4v) is 2.52. The van der Waals surface area contributed by atoms with E-state index in [1.807, 2.05) is 6.07 Å². The highest BCUT2D eigenvalue weighted by molar-refractivity contribution is 5.35.